The van der Waals surface area contributed by atoms with Crippen LogP contribution in [0.1, 0.15) is 121 Å². The number of carbonyl (C=O) groups excluding carboxylic acids is 8. The lowest BCUT2D eigenvalue weighted by molar-refractivity contribution is -0.142. The summed E-state index contributed by atoms with van der Waals surface area (Å²) in [6, 6.07) is 10.3. The Bertz CT molecular complexity index is 3720. The first-order valence-corrected chi connectivity index (χ1v) is 34.0. The van der Waals surface area contributed by atoms with Crippen LogP contribution in [-0.4, -0.2) is 166 Å². The zero-order valence-corrected chi connectivity index (χ0v) is 57.0. The highest BCUT2D eigenvalue weighted by molar-refractivity contribution is 5.99. The fourth-order valence-corrected chi connectivity index (χ4v) is 11.7. The number of hydrogen-bond donors (Lipinski definition) is 19. The van der Waals surface area contributed by atoms with Crippen molar-refractivity contribution in [2.75, 3.05) is 26.2 Å². The molecular formula is C69H102N20O10. The monoisotopic (exact) mass is 1370 g/mol. The van der Waals surface area contributed by atoms with Crippen LogP contribution in [0.25, 0.3) is 32.7 Å². The van der Waals surface area contributed by atoms with E-state index in [0.29, 0.717) is 61.8 Å². The fourth-order valence-electron chi connectivity index (χ4n) is 11.7. The number of fused-ring (bicyclic) bond motifs is 3. The summed E-state index contributed by atoms with van der Waals surface area (Å²) in [5, 5.41) is 35.3. The standard InChI is InChI=1S/C69H102N20O10/c1-5-40(4)58(89-65(96)54(32-39(2)3)85-61(92)51(25-13-15-29-71)83-60(91)52(26-16-30-77-68(73)74)82-59(90)47(72)21-12-14-28-70)66(97)84-53(27-17-31-78-69(75)76)62(93)86-55(33-41-36-79-48-22-9-6-18-44(41)48)63(94)87-56(34-42-37-80-49-23-10-7-19-45(42)49)64(95)88-57(67(98)99)35-43-38-81-50-24-11-8-20-46(43)50/h6-11,18-20,22-24,36-40,47,51-58,79-81H,5,12-17,21,25-35,70-72H2,1-4H3,(H,82,90)(H,83,91)(H,84,97)(H,85,92)(H,86,93)(H,87,94)(H,88,95)(H,89,96)(H,98,99)(H4,73,74,77)(H4,75,76,78)/t40-,47-,51-,52-,53-,54-,55-,56-,57-,58-/m0/s1. The number of nitrogens with zero attached hydrogens (tertiary/aromatic N) is 2. The number of unbranched alkanes of at least 4 members (excludes halogenated alkanes) is 2. The predicted molar refractivity (Wildman–Crippen MR) is 382 cm³/mol. The van der Waals surface area contributed by atoms with Crippen molar-refractivity contribution in [1.29, 1.82) is 0 Å². The minimum Gasteiger partial charge on any atom is -0.480 e. The van der Waals surface area contributed by atoms with Crippen molar-refractivity contribution < 1.29 is 48.3 Å². The van der Waals surface area contributed by atoms with E-state index in [9.17, 15) is 38.7 Å². The van der Waals surface area contributed by atoms with Crippen LogP contribution in [0, 0.1) is 11.8 Å². The van der Waals surface area contributed by atoms with Gasteiger partial charge in [0.1, 0.15) is 48.3 Å². The van der Waals surface area contributed by atoms with Crippen molar-refractivity contribution in [3.05, 3.63) is 108 Å². The molecule has 0 aliphatic heterocycles. The number of carboxylic acid groups (broad SMARTS) is 1. The van der Waals surface area contributed by atoms with Crippen molar-refractivity contribution >= 4 is 97.9 Å². The molecule has 6 rings (SSSR count). The number of aliphatic carboxylic acids is 1. The number of carbonyl (C=O) groups is 9. The number of amides is 8. The van der Waals surface area contributed by atoms with Crippen LogP contribution < -0.4 is 82.7 Å². The van der Waals surface area contributed by atoms with Crippen LogP contribution in [0.5, 0.6) is 0 Å². The first-order chi connectivity index (χ1) is 47.4. The van der Waals surface area contributed by atoms with E-state index in [1.54, 1.807) is 32.4 Å². The fraction of sp³-hybridized carbons (Fsp3) is 0.493. The molecule has 8 amide bonds. The second-order valence-electron chi connectivity index (χ2n) is 25.5. The summed E-state index contributed by atoms with van der Waals surface area (Å²) in [5.74, 6) is -8.53. The van der Waals surface area contributed by atoms with E-state index >= 15 is 9.59 Å². The third-order valence-corrected chi connectivity index (χ3v) is 17.4. The molecule has 0 aliphatic rings. The first kappa shape index (κ1) is 77.9. The normalized spacial score (nSPS) is 14.4. The summed E-state index contributed by atoms with van der Waals surface area (Å²) in [7, 11) is 0. The number of aromatic amines is 3. The highest BCUT2D eigenvalue weighted by atomic mass is 16.4. The Morgan fingerprint density at radius 3 is 1.18 bits per heavy atom. The number of benzene rings is 3. The molecule has 0 spiro atoms. The van der Waals surface area contributed by atoms with Gasteiger partial charge in [0, 0.05) is 83.7 Å². The SMILES string of the molecule is CC[C@H](C)[C@H](NC(=O)[C@H](CC(C)C)NC(=O)[C@H](CCCCN)NC(=O)[C@H](CCCN=C(N)N)NC(=O)[C@@H](N)CCCCN)C(=O)N[C@@H](CCCN=C(N)N)C(=O)N[C@@H](Cc1c[nH]c2ccccc12)C(=O)N[C@@H](Cc1c[nH]c2ccccc12)C(=O)N[C@@H](Cc1c[nH]c2ccccc12)C(=O)O. The van der Waals surface area contributed by atoms with Crippen LogP contribution in [0.3, 0.4) is 0 Å². The van der Waals surface area contributed by atoms with Crippen molar-refractivity contribution in [1.82, 2.24) is 57.5 Å². The summed E-state index contributed by atoms with van der Waals surface area (Å²) < 4.78 is 0. The quantitative estimate of drug-likeness (QED) is 0.0144. The number of carboxylic acids is 1. The molecule has 0 unspecified atom stereocenters. The molecular weight excluding hydrogens is 1270 g/mol. The molecule has 0 aliphatic carbocycles. The van der Waals surface area contributed by atoms with Gasteiger partial charge in [-0.25, -0.2) is 4.79 Å². The van der Waals surface area contributed by atoms with Crippen molar-refractivity contribution in [3.63, 3.8) is 0 Å². The van der Waals surface area contributed by atoms with E-state index in [2.05, 4.69) is 67.5 Å². The molecule has 99 heavy (non-hydrogen) atoms. The van der Waals surface area contributed by atoms with Gasteiger partial charge in [0.25, 0.3) is 0 Å². The molecule has 26 N–H and O–H groups in total. The molecule has 30 nitrogen and oxygen atoms in total. The van der Waals surface area contributed by atoms with Crippen molar-refractivity contribution in [2.45, 2.75) is 178 Å². The lowest BCUT2D eigenvalue weighted by Crippen LogP contribution is -2.61. The maximum Gasteiger partial charge on any atom is 0.326 e. The zero-order valence-electron chi connectivity index (χ0n) is 57.0. The molecule has 0 fully saturated rings. The molecule has 0 radical (unpaired) electrons. The number of nitrogens with one attached hydrogen (secondary N) is 11. The number of hydrogen-bond acceptors (Lipinski definition) is 14. The summed E-state index contributed by atoms with van der Waals surface area (Å²) >= 11 is 0. The predicted octanol–water partition coefficient (Wildman–Crippen LogP) is 0.906. The maximum absolute atomic E-state index is 15.3. The number of nitrogens with two attached hydrogens (primary N) is 7. The smallest absolute Gasteiger partial charge is 0.326 e. The van der Waals surface area contributed by atoms with Gasteiger partial charge in [-0.1, -0.05) is 95.1 Å². The van der Waals surface area contributed by atoms with Gasteiger partial charge in [0.2, 0.25) is 47.3 Å². The molecule has 30 heteroatoms. The molecule has 3 aromatic heterocycles. The molecule has 3 heterocycles. The van der Waals surface area contributed by atoms with E-state index in [1.165, 1.54) is 0 Å². The maximum atomic E-state index is 15.3. The Morgan fingerprint density at radius 1 is 0.434 bits per heavy atom. The van der Waals surface area contributed by atoms with Crippen LogP contribution in [0.4, 0.5) is 0 Å². The number of rotatable bonds is 43. The Labute approximate surface area is 575 Å². The van der Waals surface area contributed by atoms with Gasteiger partial charge in [-0.2, -0.15) is 0 Å². The lowest BCUT2D eigenvalue weighted by Gasteiger charge is -2.30. The number of aromatic nitrogens is 3. The molecule has 0 saturated carbocycles. The average molecular weight is 1370 g/mol. The molecule has 6 aromatic rings. The second kappa shape index (κ2) is 39.4. The molecule has 10 atom stereocenters. The van der Waals surface area contributed by atoms with Crippen LogP contribution in [0.15, 0.2) is 101 Å². The third-order valence-electron chi connectivity index (χ3n) is 17.4. The zero-order chi connectivity index (χ0) is 72.1. The number of H-pyrrole nitrogens is 3. The highest BCUT2D eigenvalue weighted by Gasteiger charge is 2.37. The van der Waals surface area contributed by atoms with E-state index in [1.807, 2.05) is 86.6 Å². The molecule has 3 aromatic carbocycles. The Kier molecular flexibility index (Phi) is 31.0. The molecule has 538 valence electrons. The van der Waals surface area contributed by atoms with E-state index in [0.717, 1.165) is 32.7 Å². The summed E-state index contributed by atoms with van der Waals surface area (Å²) in [5.41, 5.74) is 44.3. The molecule has 0 bridgehead atoms. The summed E-state index contributed by atoms with van der Waals surface area (Å²) in [6.45, 7) is 8.05. The Hall–Kier alpha value is -10.1. The van der Waals surface area contributed by atoms with Crippen molar-refractivity contribution in [2.24, 2.45) is 62.0 Å². The number of para-hydroxylation sites is 3. The van der Waals surface area contributed by atoms with E-state index in [4.69, 9.17) is 40.1 Å². The van der Waals surface area contributed by atoms with Gasteiger partial charge in [-0.3, -0.25) is 48.3 Å². The Balaban J connectivity index is 1.28. The van der Waals surface area contributed by atoms with Gasteiger partial charge in [0.05, 0.1) is 6.04 Å². The van der Waals surface area contributed by atoms with Crippen LogP contribution in [0.2, 0.25) is 0 Å². The van der Waals surface area contributed by atoms with Gasteiger partial charge in [-0.05, 0) is 124 Å². The van der Waals surface area contributed by atoms with Gasteiger partial charge in [-0.15, -0.1) is 0 Å². The van der Waals surface area contributed by atoms with Crippen LogP contribution in [-0.2, 0) is 62.4 Å². The topological polar surface area (TPSA) is 524 Å². The second-order valence-corrected chi connectivity index (χ2v) is 25.5. The summed E-state index contributed by atoms with van der Waals surface area (Å²) in [4.78, 5) is 148. The lowest BCUT2D eigenvalue weighted by atomic mass is 9.96. The van der Waals surface area contributed by atoms with Gasteiger partial charge in [0.15, 0.2) is 11.9 Å². The Morgan fingerprint density at radius 2 is 0.778 bits per heavy atom. The first-order valence-electron chi connectivity index (χ1n) is 34.0. The minimum absolute atomic E-state index is 0.0256. The molecule has 0 saturated heterocycles. The highest BCUT2D eigenvalue weighted by Crippen LogP contribution is 2.24. The average Bonchev–Trinajstić information content (AvgIpc) is 1.74. The largest absolute Gasteiger partial charge is 0.480 e. The third kappa shape index (κ3) is 24.2. The summed E-state index contributed by atoms with van der Waals surface area (Å²) in [6.07, 6.45) is 7.99. The number of aliphatic imine (C=N–C) groups is 2. The van der Waals surface area contributed by atoms with Crippen LogP contribution >= 0.6 is 0 Å². The van der Waals surface area contributed by atoms with Crippen molar-refractivity contribution in [3.8, 4) is 0 Å². The van der Waals surface area contributed by atoms with Gasteiger partial charge >= 0.3 is 5.97 Å². The van der Waals surface area contributed by atoms with E-state index in [-0.39, 0.29) is 95.3 Å². The number of guanidine groups is 2. The van der Waals surface area contributed by atoms with Gasteiger partial charge < -0.3 is 103 Å². The van der Waals surface area contributed by atoms with E-state index < -0.39 is 114 Å². The minimum atomic E-state index is -1.46.